The van der Waals surface area contributed by atoms with Crippen LogP contribution in [0.25, 0.3) is 10.8 Å². The number of phosphoric acid groups is 1. The van der Waals surface area contributed by atoms with E-state index < -0.39 is 7.82 Å². The van der Waals surface area contributed by atoms with Crippen molar-refractivity contribution in [1.82, 2.24) is 0 Å². The smallest absolute Gasteiger partial charge is 0.303 e. The highest BCUT2D eigenvalue weighted by Gasteiger charge is 2.07. The summed E-state index contributed by atoms with van der Waals surface area (Å²) >= 11 is 0. The lowest BCUT2D eigenvalue weighted by molar-refractivity contribution is 0.235. The zero-order chi connectivity index (χ0) is 12.0. The Morgan fingerprint density at radius 2 is 1.19 bits per heavy atom. The minimum Gasteiger partial charge on any atom is -0.303 e. The summed E-state index contributed by atoms with van der Waals surface area (Å²) < 4.78 is 13.1. The number of hydrogen-bond donors (Lipinski definition) is 2. The second-order valence-electron chi connectivity index (χ2n) is 3.02. The second-order valence-corrected chi connectivity index (χ2v) is 4.37. The van der Waals surface area contributed by atoms with Gasteiger partial charge in [0, 0.05) is 7.11 Å². The Morgan fingerprint density at radius 3 is 1.38 bits per heavy atom. The highest BCUT2D eigenvalue weighted by atomic mass is 31.2. The van der Waals surface area contributed by atoms with E-state index in [2.05, 4.69) is 53.1 Å². The SMILES string of the molecule is COP(=O)(O)O.c1ccc2ccccc2c1. The molecule has 16 heavy (non-hydrogen) atoms. The fraction of sp³-hybridized carbons (Fsp3) is 0.0909. The highest BCUT2D eigenvalue weighted by Crippen LogP contribution is 2.33. The van der Waals surface area contributed by atoms with Crippen molar-refractivity contribution in [1.29, 1.82) is 0 Å². The van der Waals surface area contributed by atoms with Crippen LogP contribution >= 0.6 is 7.82 Å². The van der Waals surface area contributed by atoms with Crippen LogP contribution in [0.15, 0.2) is 48.5 Å². The molecule has 0 aliphatic heterocycles. The highest BCUT2D eigenvalue weighted by molar-refractivity contribution is 7.46. The molecule has 0 bridgehead atoms. The van der Waals surface area contributed by atoms with Gasteiger partial charge in [-0.25, -0.2) is 4.57 Å². The van der Waals surface area contributed by atoms with E-state index in [4.69, 9.17) is 9.79 Å². The fourth-order valence-corrected chi connectivity index (χ4v) is 1.13. The van der Waals surface area contributed by atoms with Crippen LogP contribution in [-0.2, 0) is 9.09 Å². The summed E-state index contributed by atoms with van der Waals surface area (Å²) in [5.41, 5.74) is 0. The van der Waals surface area contributed by atoms with Crippen molar-refractivity contribution in [3.05, 3.63) is 48.5 Å². The molecule has 0 fully saturated rings. The first kappa shape index (κ1) is 12.9. The van der Waals surface area contributed by atoms with Crippen LogP contribution in [0.4, 0.5) is 0 Å². The van der Waals surface area contributed by atoms with Crippen LogP contribution < -0.4 is 0 Å². The summed E-state index contributed by atoms with van der Waals surface area (Å²) in [5.74, 6) is 0. The molecule has 2 aromatic rings. The van der Waals surface area contributed by atoms with Gasteiger partial charge in [-0.15, -0.1) is 0 Å². The van der Waals surface area contributed by atoms with Gasteiger partial charge >= 0.3 is 7.82 Å². The number of hydrogen-bond acceptors (Lipinski definition) is 2. The van der Waals surface area contributed by atoms with Crippen molar-refractivity contribution in [2.24, 2.45) is 0 Å². The summed E-state index contributed by atoms with van der Waals surface area (Å²) in [7, 11) is -3.20. The van der Waals surface area contributed by atoms with E-state index in [1.807, 2.05) is 0 Å². The maximum atomic E-state index is 9.47. The van der Waals surface area contributed by atoms with Crippen LogP contribution in [0.1, 0.15) is 0 Å². The van der Waals surface area contributed by atoms with Crippen LogP contribution in [0.5, 0.6) is 0 Å². The molecule has 0 radical (unpaired) electrons. The Hall–Kier alpha value is -1.19. The van der Waals surface area contributed by atoms with Crippen molar-refractivity contribution in [3.63, 3.8) is 0 Å². The zero-order valence-electron chi connectivity index (χ0n) is 8.78. The second kappa shape index (κ2) is 5.77. The lowest BCUT2D eigenvalue weighted by Gasteiger charge is -1.93. The molecule has 0 heterocycles. The molecule has 0 aliphatic rings. The van der Waals surface area contributed by atoms with E-state index >= 15 is 0 Å². The van der Waals surface area contributed by atoms with Gasteiger partial charge in [0.15, 0.2) is 0 Å². The van der Waals surface area contributed by atoms with Crippen LogP contribution in [-0.4, -0.2) is 16.9 Å². The molecule has 0 saturated heterocycles. The first-order chi connectivity index (χ1) is 7.53. The van der Waals surface area contributed by atoms with Crippen LogP contribution in [0.3, 0.4) is 0 Å². The third-order valence-corrected chi connectivity index (χ3v) is 2.37. The van der Waals surface area contributed by atoms with E-state index in [1.165, 1.54) is 10.8 Å². The molecule has 2 N–H and O–H groups in total. The molecule has 0 atom stereocenters. The van der Waals surface area contributed by atoms with Gasteiger partial charge in [0.2, 0.25) is 0 Å². The Morgan fingerprint density at radius 1 is 0.938 bits per heavy atom. The standard InChI is InChI=1S/C10H8.CH5O4P/c1-2-6-10-8-4-3-7-9(10)5-1;1-5-6(2,3)4/h1-8H;1H3,(H2,2,3,4). The maximum absolute atomic E-state index is 9.47. The summed E-state index contributed by atoms with van der Waals surface area (Å²) in [4.78, 5) is 15.4. The molecule has 86 valence electrons. The van der Waals surface area contributed by atoms with Gasteiger partial charge in [-0.05, 0) is 10.8 Å². The van der Waals surface area contributed by atoms with Crippen LogP contribution in [0, 0.1) is 0 Å². The molecule has 2 rings (SSSR count). The van der Waals surface area contributed by atoms with Gasteiger partial charge in [0.25, 0.3) is 0 Å². The van der Waals surface area contributed by atoms with Crippen molar-refractivity contribution in [3.8, 4) is 0 Å². The Bertz CT molecular complexity index is 427. The quantitative estimate of drug-likeness (QED) is 0.752. The third kappa shape index (κ3) is 4.55. The lowest BCUT2D eigenvalue weighted by Crippen LogP contribution is -1.76. The fourth-order valence-electron chi connectivity index (χ4n) is 1.13. The van der Waals surface area contributed by atoms with E-state index in [0.29, 0.717) is 0 Å². The largest absolute Gasteiger partial charge is 0.469 e. The van der Waals surface area contributed by atoms with E-state index in [0.717, 1.165) is 7.11 Å². The number of benzene rings is 2. The van der Waals surface area contributed by atoms with Crippen molar-refractivity contribution in [2.45, 2.75) is 0 Å². The summed E-state index contributed by atoms with van der Waals surface area (Å²) in [6.45, 7) is 0. The Labute approximate surface area is 93.7 Å². The van der Waals surface area contributed by atoms with Crippen molar-refractivity contribution >= 4 is 18.6 Å². The number of fused-ring (bicyclic) bond motifs is 1. The number of phosphoric ester groups is 1. The lowest BCUT2D eigenvalue weighted by atomic mass is 10.1. The van der Waals surface area contributed by atoms with E-state index in [-0.39, 0.29) is 0 Å². The van der Waals surface area contributed by atoms with Gasteiger partial charge in [-0.3, -0.25) is 4.52 Å². The molecule has 4 nitrogen and oxygen atoms in total. The monoisotopic (exact) mass is 240 g/mol. The normalized spacial score (nSPS) is 10.7. The van der Waals surface area contributed by atoms with Gasteiger partial charge in [-0.1, -0.05) is 48.5 Å². The molecule has 0 aromatic heterocycles. The molecule has 0 unspecified atom stereocenters. The van der Waals surface area contributed by atoms with E-state index in [1.54, 1.807) is 0 Å². The molecule has 0 aliphatic carbocycles. The van der Waals surface area contributed by atoms with Crippen LogP contribution in [0.2, 0.25) is 0 Å². The molecule has 0 saturated carbocycles. The maximum Gasteiger partial charge on any atom is 0.469 e. The summed E-state index contributed by atoms with van der Waals surface area (Å²) in [5, 5.41) is 2.62. The summed E-state index contributed by atoms with van der Waals surface area (Å²) in [6.07, 6.45) is 0. The molecular weight excluding hydrogens is 227 g/mol. The van der Waals surface area contributed by atoms with Gasteiger partial charge in [0.1, 0.15) is 0 Å². The first-order valence-electron chi connectivity index (χ1n) is 4.58. The van der Waals surface area contributed by atoms with Gasteiger partial charge in [0.05, 0.1) is 0 Å². The predicted molar refractivity (Wildman–Crippen MR) is 63.0 cm³/mol. The Balaban J connectivity index is 0.000000187. The molecule has 0 spiro atoms. The molecule has 0 amide bonds. The van der Waals surface area contributed by atoms with Gasteiger partial charge < -0.3 is 9.79 Å². The predicted octanol–water partition coefficient (Wildman–Crippen LogP) is 2.57. The van der Waals surface area contributed by atoms with E-state index in [9.17, 15) is 4.57 Å². The minimum atomic E-state index is -4.15. The van der Waals surface area contributed by atoms with Crippen molar-refractivity contribution in [2.75, 3.05) is 7.11 Å². The minimum absolute atomic E-state index is 0.945. The van der Waals surface area contributed by atoms with Crippen molar-refractivity contribution < 1.29 is 18.9 Å². The summed E-state index contributed by atoms with van der Waals surface area (Å²) in [6, 6.07) is 16.7. The molecular formula is C11H13O4P. The zero-order valence-corrected chi connectivity index (χ0v) is 9.67. The number of rotatable bonds is 1. The average molecular weight is 240 g/mol. The topological polar surface area (TPSA) is 66.8 Å². The first-order valence-corrected chi connectivity index (χ1v) is 6.11. The van der Waals surface area contributed by atoms with Gasteiger partial charge in [-0.2, -0.15) is 0 Å². The molecule has 2 aromatic carbocycles. The Kier molecular flexibility index (Phi) is 4.65. The third-order valence-electron chi connectivity index (χ3n) is 1.90. The average Bonchev–Trinajstić information content (AvgIpc) is 2.29. The molecule has 5 heteroatoms.